The fourth-order valence-electron chi connectivity index (χ4n) is 3.25. The normalized spacial score (nSPS) is 12.2. The number of aliphatic hydroxyl groups excluding tert-OH is 1. The van der Waals surface area contributed by atoms with Crippen LogP contribution >= 0.6 is 0 Å². The summed E-state index contributed by atoms with van der Waals surface area (Å²) in [6.07, 6.45) is 0.0673. The van der Waals surface area contributed by atoms with Crippen LogP contribution in [0.15, 0.2) is 84.9 Å². The molecular weight excluding hydrogens is 336 g/mol. The summed E-state index contributed by atoms with van der Waals surface area (Å²) >= 11 is 0. The predicted molar refractivity (Wildman–Crippen MR) is 107 cm³/mol. The number of aromatic nitrogens is 2. The highest BCUT2D eigenvalue weighted by molar-refractivity contribution is 5.76. The van der Waals surface area contributed by atoms with Gasteiger partial charge in [-0.3, -0.25) is 0 Å². The van der Waals surface area contributed by atoms with Gasteiger partial charge in [-0.05, 0) is 36.2 Å². The van der Waals surface area contributed by atoms with Crippen molar-refractivity contribution in [3.63, 3.8) is 0 Å². The molecule has 1 atom stereocenters. The van der Waals surface area contributed by atoms with Crippen molar-refractivity contribution in [2.45, 2.75) is 19.1 Å². The van der Waals surface area contributed by atoms with Crippen LogP contribution in [0.1, 0.15) is 23.9 Å². The maximum Gasteiger partial charge on any atom is 0.143 e. The van der Waals surface area contributed by atoms with Gasteiger partial charge in [0.2, 0.25) is 0 Å². The molecule has 0 saturated heterocycles. The summed E-state index contributed by atoms with van der Waals surface area (Å²) in [5.41, 5.74) is 2.77. The number of ether oxygens (including phenoxy) is 1. The molecule has 0 unspecified atom stereocenters. The van der Waals surface area contributed by atoms with Crippen LogP contribution in [0.2, 0.25) is 0 Å². The van der Waals surface area contributed by atoms with Gasteiger partial charge in [-0.2, -0.15) is 0 Å². The number of aliphatic hydroxyl groups is 1. The Labute approximate surface area is 158 Å². The minimum Gasteiger partial charge on any atom is -0.494 e. The Morgan fingerprint density at radius 3 is 2.30 bits per heavy atom. The lowest BCUT2D eigenvalue weighted by Gasteiger charge is -2.14. The van der Waals surface area contributed by atoms with Crippen molar-refractivity contribution in [1.29, 1.82) is 0 Å². The number of aryl methyl sites for hydroxylation is 1. The van der Waals surface area contributed by atoms with E-state index in [9.17, 15) is 5.11 Å². The number of para-hydroxylation sites is 3. The Bertz CT molecular complexity index is 997. The number of nitrogens with zero attached hydrogens (tertiary/aromatic N) is 2. The first-order chi connectivity index (χ1) is 13.3. The van der Waals surface area contributed by atoms with Gasteiger partial charge in [0.25, 0.3) is 0 Å². The van der Waals surface area contributed by atoms with E-state index < -0.39 is 6.10 Å². The third-order valence-electron chi connectivity index (χ3n) is 4.58. The molecule has 0 amide bonds. The summed E-state index contributed by atoms with van der Waals surface area (Å²) in [4.78, 5) is 4.70. The lowest BCUT2D eigenvalue weighted by molar-refractivity contribution is 0.203. The Hall–Kier alpha value is -3.11. The monoisotopic (exact) mass is 358 g/mol. The van der Waals surface area contributed by atoms with E-state index >= 15 is 0 Å². The van der Waals surface area contributed by atoms with E-state index in [4.69, 9.17) is 9.72 Å². The second kappa shape index (κ2) is 8.06. The third kappa shape index (κ3) is 3.86. The topological polar surface area (TPSA) is 47.3 Å². The number of fused-ring (bicyclic) bond motifs is 1. The average molecular weight is 358 g/mol. The fourth-order valence-corrected chi connectivity index (χ4v) is 3.25. The Morgan fingerprint density at radius 1 is 0.852 bits per heavy atom. The van der Waals surface area contributed by atoms with Crippen LogP contribution in [0.25, 0.3) is 11.0 Å². The van der Waals surface area contributed by atoms with Crippen LogP contribution in [0.3, 0.4) is 0 Å². The zero-order valence-corrected chi connectivity index (χ0v) is 15.0. The molecule has 0 spiro atoms. The molecule has 4 rings (SSSR count). The first-order valence-corrected chi connectivity index (χ1v) is 9.19. The molecule has 1 N–H and O–H groups in total. The highest BCUT2D eigenvalue weighted by atomic mass is 16.5. The Balaban J connectivity index is 1.55. The highest BCUT2D eigenvalue weighted by Gasteiger charge is 2.19. The molecule has 27 heavy (non-hydrogen) atoms. The average Bonchev–Trinajstić information content (AvgIpc) is 3.11. The molecule has 0 aliphatic heterocycles. The first kappa shape index (κ1) is 17.3. The molecule has 0 aliphatic rings. The molecule has 0 aliphatic carbocycles. The van der Waals surface area contributed by atoms with Crippen LogP contribution in [0.5, 0.6) is 5.75 Å². The van der Waals surface area contributed by atoms with Crippen LogP contribution in [0, 0.1) is 0 Å². The Kier molecular flexibility index (Phi) is 5.17. The maximum atomic E-state index is 10.9. The molecule has 0 radical (unpaired) electrons. The lowest BCUT2D eigenvalue weighted by Crippen LogP contribution is -2.12. The van der Waals surface area contributed by atoms with Gasteiger partial charge in [-0.15, -0.1) is 0 Å². The largest absolute Gasteiger partial charge is 0.494 e. The highest BCUT2D eigenvalue weighted by Crippen LogP contribution is 2.26. The van der Waals surface area contributed by atoms with Gasteiger partial charge in [-0.25, -0.2) is 4.98 Å². The summed E-state index contributed by atoms with van der Waals surface area (Å²) in [5.74, 6) is 1.54. The first-order valence-electron chi connectivity index (χ1n) is 9.19. The molecule has 4 heteroatoms. The van der Waals surface area contributed by atoms with Crippen LogP contribution in [-0.4, -0.2) is 21.3 Å². The van der Waals surface area contributed by atoms with Crippen molar-refractivity contribution >= 4 is 11.0 Å². The summed E-state index contributed by atoms with van der Waals surface area (Å²) in [5, 5.41) is 10.9. The molecule has 4 aromatic rings. The summed E-state index contributed by atoms with van der Waals surface area (Å²) < 4.78 is 7.90. The predicted octanol–water partition coefficient (Wildman–Crippen LogP) is 4.59. The van der Waals surface area contributed by atoms with Gasteiger partial charge in [-0.1, -0.05) is 60.7 Å². The number of hydrogen-bond acceptors (Lipinski definition) is 3. The molecule has 0 fully saturated rings. The van der Waals surface area contributed by atoms with E-state index in [0.29, 0.717) is 12.4 Å². The quantitative estimate of drug-likeness (QED) is 0.492. The fraction of sp³-hybridized carbons (Fsp3) is 0.174. The molecule has 0 bridgehead atoms. The van der Waals surface area contributed by atoms with E-state index in [-0.39, 0.29) is 0 Å². The minimum absolute atomic E-state index is 0.609. The number of rotatable bonds is 7. The van der Waals surface area contributed by atoms with Crippen molar-refractivity contribution < 1.29 is 9.84 Å². The smallest absolute Gasteiger partial charge is 0.143 e. The van der Waals surface area contributed by atoms with Crippen LogP contribution < -0.4 is 4.74 Å². The zero-order chi connectivity index (χ0) is 18.5. The molecule has 1 aromatic heterocycles. The number of benzene rings is 3. The van der Waals surface area contributed by atoms with Crippen molar-refractivity contribution in [2.75, 3.05) is 6.61 Å². The molecule has 3 aromatic carbocycles. The van der Waals surface area contributed by atoms with Crippen LogP contribution in [-0.2, 0) is 6.54 Å². The zero-order valence-electron chi connectivity index (χ0n) is 15.0. The molecule has 1 heterocycles. The van der Waals surface area contributed by atoms with Crippen molar-refractivity contribution in [3.8, 4) is 5.75 Å². The Morgan fingerprint density at radius 2 is 1.52 bits per heavy atom. The number of imidazole rings is 1. The molecular formula is C23H22N2O2. The molecule has 4 nitrogen and oxygen atoms in total. The van der Waals surface area contributed by atoms with E-state index in [1.165, 1.54) is 0 Å². The maximum absolute atomic E-state index is 10.9. The van der Waals surface area contributed by atoms with E-state index in [1.54, 1.807) is 0 Å². The van der Waals surface area contributed by atoms with E-state index in [2.05, 4.69) is 4.57 Å². The standard InChI is InChI=1S/C23H22N2O2/c26-22(18-10-3-1-4-11-18)23-24-20-14-7-8-15-21(20)25(23)16-9-17-27-19-12-5-2-6-13-19/h1-8,10-15,22,26H,9,16-17H2/t22-/m0/s1. The van der Waals surface area contributed by atoms with Gasteiger partial charge in [0.1, 0.15) is 17.7 Å². The van der Waals surface area contributed by atoms with Crippen molar-refractivity contribution in [3.05, 3.63) is 96.3 Å². The van der Waals surface area contributed by atoms with Crippen LogP contribution in [0.4, 0.5) is 0 Å². The number of hydrogen-bond donors (Lipinski definition) is 1. The van der Waals surface area contributed by atoms with Gasteiger partial charge in [0, 0.05) is 6.54 Å². The lowest BCUT2D eigenvalue weighted by atomic mass is 10.1. The summed E-state index contributed by atoms with van der Waals surface area (Å²) in [7, 11) is 0. The molecule has 0 saturated carbocycles. The second-order valence-corrected chi connectivity index (χ2v) is 6.44. The van der Waals surface area contributed by atoms with Gasteiger partial charge in [0.15, 0.2) is 0 Å². The molecule has 136 valence electrons. The van der Waals surface area contributed by atoms with Gasteiger partial charge < -0.3 is 14.4 Å². The van der Waals surface area contributed by atoms with Gasteiger partial charge in [0.05, 0.1) is 17.6 Å². The van der Waals surface area contributed by atoms with E-state index in [0.717, 1.165) is 35.3 Å². The summed E-state index contributed by atoms with van der Waals surface area (Å²) in [6.45, 7) is 1.34. The van der Waals surface area contributed by atoms with Crippen molar-refractivity contribution in [1.82, 2.24) is 9.55 Å². The third-order valence-corrected chi connectivity index (χ3v) is 4.58. The SMILES string of the molecule is O[C@@H](c1ccccc1)c1nc2ccccc2n1CCCOc1ccccc1. The van der Waals surface area contributed by atoms with Crippen molar-refractivity contribution in [2.24, 2.45) is 0 Å². The second-order valence-electron chi connectivity index (χ2n) is 6.44. The van der Waals surface area contributed by atoms with E-state index in [1.807, 2.05) is 84.9 Å². The minimum atomic E-state index is -0.756. The summed E-state index contributed by atoms with van der Waals surface area (Å²) in [6, 6.07) is 27.5. The van der Waals surface area contributed by atoms with Gasteiger partial charge >= 0.3 is 0 Å².